The van der Waals surface area contributed by atoms with Crippen LogP contribution in [0.1, 0.15) is 12.0 Å². The molecule has 136 valence electrons. The summed E-state index contributed by atoms with van der Waals surface area (Å²) in [7, 11) is 0. The Hall–Kier alpha value is -2.51. The van der Waals surface area contributed by atoms with E-state index in [1.54, 1.807) is 0 Å². The third kappa shape index (κ3) is 3.27. The summed E-state index contributed by atoms with van der Waals surface area (Å²) >= 11 is 5.68. The first-order valence-corrected chi connectivity index (χ1v) is 8.22. The largest absolute Gasteiger partial charge is 0.372 e. The summed E-state index contributed by atoms with van der Waals surface area (Å²) in [5.74, 6) is -2.87. The van der Waals surface area contributed by atoms with Crippen molar-refractivity contribution in [3.63, 3.8) is 0 Å². The van der Waals surface area contributed by atoms with Gasteiger partial charge in [0.2, 0.25) is 5.60 Å². The normalized spacial score (nSPS) is 19.7. The van der Waals surface area contributed by atoms with Crippen molar-refractivity contribution < 1.29 is 23.5 Å². The molecule has 1 aliphatic heterocycles. The Morgan fingerprint density at radius 2 is 1.92 bits per heavy atom. The number of carbonyl (C=O) groups is 2. The Balaban J connectivity index is 1.71. The number of hydrogen-bond acceptors (Lipinski definition) is 3. The maximum absolute atomic E-state index is 13.9. The van der Waals surface area contributed by atoms with Crippen molar-refractivity contribution in [2.24, 2.45) is 0 Å². The predicted octanol–water partition coefficient (Wildman–Crippen LogP) is 2.40. The lowest BCUT2D eigenvalue weighted by Crippen LogP contribution is -2.52. The molecule has 8 heteroatoms. The summed E-state index contributed by atoms with van der Waals surface area (Å²) < 4.78 is 26.9. The minimum Gasteiger partial charge on any atom is -0.372 e. The highest BCUT2D eigenvalue weighted by atomic mass is 35.5. The third-order valence-corrected chi connectivity index (χ3v) is 4.57. The van der Waals surface area contributed by atoms with Crippen LogP contribution in [0.4, 0.5) is 14.5 Å². The molecule has 0 aromatic heterocycles. The summed E-state index contributed by atoms with van der Waals surface area (Å²) in [4.78, 5) is 26.1. The zero-order valence-corrected chi connectivity index (χ0v) is 14.3. The number of hydrogen-bond donors (Lipinski definition) is 2. The number of carbonyl (C=O) groups excluding carboxylic acids is 2. The van der Waals surface area contributed by atoms with Crippen molar-refractivity contribution in [1.82, 2.24) is 5.32 Å². The van der Waals surface area contributed by atoms with E-state index in [4.69, 9.17) is 11.6 Å². The highest BCUT2D eigenvalue weighted by Crippen LogP contribution is 2.29. The molecule has 2 aromatic rings. The second-order valence-corrected chi connectivity index (χ2v) is 6.35. The maximum Gasteiger partial charge on any atom is 0.268 e. The molecule has 1 fully saturated rings. The smallest absolute Gasteiger partial charge is 0.268 e. The van der Waals surface area contributed by atoms with E-state index >= 15 is 0 Å². The van der Waals surface area contributed by atoms with Gasteiger partial charge >= 0.3 is 0 Å². The van der Waals surface area contributed by atoms with E-state index < -0.39 is 29.0 Å². The molecule has 1 saturated heterocycles. The van der Waals surface area contributed by atoms with E-state index in [-0.39, 0.29) is 30.1 Å². The molecular formula is C18H15ClF2N2O3. The van der Waals surface area contributed by atoms with Crippen molar-refractivity contribution in [3.05, 3.63) is 64.7 Å². The molecule has 0 saturated carbocycles. The Morgan fingerprint density at radius 3 is 2.62 bits per heavy atom. The molecule has 0 spiro atoms. The van der Waals surface area contributed by atoms with E-state index in [9.17, 15) is 23.5 Å². The molecule has 26 heavy (non-hydrogen) atoms. The van der Waals surface area contributed by atoms with Crippen LogP contribution in [0.15, 0.2) is 42.5 Å². The SMILES string of the molecule is O=C(NCc1cccc(Cl)c1F)[C@@]1(O)CCN(c2ccc(F)cc2)C1=O. The van der Waals surface area contributed by atoms with E-state index in [0.29, 0.717) is 5.69 Å². The molecule has 3 rings (SSSR count). The molecule has 0 radical (unpaired) electrons. The van der Waals surface area contributed by atoms with Crippen molar-refractivity contribution in [2.45, 2.75) is 18.6 Å². The maximum atomic E-state index is 13.9. The average Bonchev–Trinajstić information content (AvgIpc) is 2.93. The number of anilines is 1. The second kappa shape index (κ2) is 7.01. The van der Waals surface area contributed by atoms with Crippen LogP contribution < -0.4 is 10.2 Å². The zero-order valence-electron chi connectivity index (χ0n) is 13.5. The first kappa shape index (κ1) is 18.3. The number of nitrogens with one attached hydrogen (secondary N) is 1. The number of benzene rings is 2. The lowest BCUT2D eigenvalue weighted by molar-refractivity contribution is -0.149. The van der Waals surface area contributed by atoms with Gasteiger partial charge in [-0.25, -0.2) is 8.78 Å². The lowest BCUT2D eigenvalue weighted by atomic mass is 10.0. The lowest BCUT2D eigenvalue weighted by Gasteiger charge is -2.22. The Morgan fingerprint density at radius 1 is 1.23 bits per heavy atom. The molecule has 5 nitrogen and oxygen atoms in total. The summed E-state index contributed by atoms with van der Waals surface area (Å²) in [6.07, 6.45) is -0.132. The average molecular weight is 381 g/mol. The van der Waals surface area contributed by atoms with Gasteiger partial charge in [0.1, 0.15) is 11.6 Å². The van der Waals surface area contributed by atoms with Crippen LogP contribution in [0.3, 0.4) is 0 Å². The minimum atomic E-state index is -2.26. The van der Waals surface area contributed by atoms with E-state index in [2.05, 4.69) is 5.32 Å². The first-order valence-electron chi connectivity index (χ1n) is 7.84. The minimum absolute atomic E-state index is 0.0881. The zero-order chi connectivity index (χ0) is 18.9. The second-order valence-electron chi connectivity index (χ2n) is 5.94. The van der Waals surface area contributed by atoms with Gasteiger partial charge in [-0.1, -0.05) is 23.7 Å². The van der Waals surface area contributed by atoms with Gasteiger partial charge in [0.25, 0.3) is 11.8 Å². The summed E-state index contributed by atoms with van der Waals surface area (Å²) in [5, 5.41) is 12.8. The number of aliphatic hydroxyl groups is 1. The van der Waals surface area contributed by atoms with Gasteiger partial charge < -0.3 is 15.3 Å². The summed E-state index contributed by atoms with van der Waals surface area (Å²) in [6, 6.07) is 9.47. The van der Waals surface area contributed by atoms with Gasteiger partial charge in [-0.2, -0.15) is 0 Å². The van der Waals surface area contributed by atoms with Crippen LogP contribution in [0.2, 0.25) is 5.02 Å². The first-order chi connectivity index (χ1) is 12.3. The number of rotatable bonds is 4. The van der Waals surface area contributed by atoms with E-state index in [1.807, 2.05) is 0 Å². The van der Waals surface area contributed by atoms with Gasteiger partial charge in [0.15, 0.2) is 0 Å². The van der Waals surface area contributed by atoms with Crippen molar-refractivity contribution in [2.75, 3.05) is 11.4 Å². The topological polar surface area (TPSA) is 69.6 Å². The standard InChI is InChI=1S/C18H15ClF2N2O3/c19-14-3-1-2-11(15(14)21)10-22-16(24)18(26)8-9-23(17(18)25)13-6-4-12(20)5-7-13/h1-7,26H,8-10H2,(H,22,24)/t18-/m0/s1. The summed E-state index contributed by atoms with van der Waals surface area (Å²) in [6.45, 7) is -0.128. The Bertz CT molecular complexity index is 860. The van der Waals surface area contributed by atoms with E-state index in [0.717, 1.165) is 0 Å². The highest BCUT2D eigenvalue weighted by molar-refractivity contribution is 6.30. The van der Waals surface area contributed by atoms with Gasteiger partial charge in [-0.05, 0) is 30.3 Å². The fourth-order valence-electron chi connectivity index (χ4n) is 2.79. The number of amides is 2. The Kier molecular flexibility index (Phi) is 4.93. The quantitative estimate of drug-likeness (QED) is 0.800. The van der Waals surface area contributed by atoms with Crippen molar-refractivity contribution >= 4 is 29.1 Å². The fraction of sp³-hybridized carbons (Fsp3) is 0.222. The molecule has 2 aromatic carbocycles. The van der Waals surface area contributed by atoms with Crippen molar-refractivity contribution in [1.29, 1.82) is 0 Å². The van der Waals surface area contributed by atoms with Crippen LogP contribution in [0.5, 0.6) is 0 Å². The van der Waals surface area contributed by atoms with E-state index in [1.165, 1.54) is 47.4 Å². The van der Waals surface area contributed by atoms with Crippen LogP contribution in [0, 0.1) is 11.6 Å². The number of halogens is 3. The molecule has 2 N–H and O–H groups in total. The molecule has 1 heterocycles. The fourth-order valence-corrected chi connectivity index (χ4v) is 2.98. The molecule has 0 aliphatic carbocycles. The third-order valence-electron chi connectivity index (χ3n) is 4.28. The van der Waals surface area contributed by atoms with Gasteiger partial charge in [-0.15, -0.1) is 0 Å². The highest BCUT2D eigenvalue weighted by Gasteiger charge is 2.51. The Labute approximate surface area is 153 Å². The van der Waals surface area contributed by atoms with Crippen LogP contribution >= 0.6 is 11.6 Å². The number of nitrogens with zero attached hydrogens (tertiary/aromatic N) is 1. The van der Waals surface area contributed by atoms with Gasteiger partial charge in [-0.3, -0.25) is 9.59 Å². The van der Waals surface area contributed by atoms with Crippen molar-refractivity contribution in [3.8, 4) is 0 Å². The monoisotopic (exact) mass is 380 g/mol. The molecule has 0 unspecified atom stereocenters. The van der Waals surface area contributed by atoms with Crippen LogP contribution in [-0.4, -0.2) is 29.1 Å². The molecule has 2 amide bonds. The van der Waals surface area contributed by atoms with Gasteiger partial charge in [0, 0.05) is 30.8 Å². The molecule has 1 atom stereocenters. The predicted molar refractivity (Wildman–Crippen MR) is 91.6 cm³/mol. The molecular weight excluding hydrogens is 366 g/mol. The molecule has 0 bridgehead atoms. The van der Waals surface area contributed by atoms with Gasteiger partial charge in [0.05, 0.1) is 5.02 Å². The summed E-state index contributed by atoms with van der Waals surface area (Å²) in [5.41, 5.74) is -1.75. The molecule has 1 aliphatic rings. The van der Waals surface area contributed by atoms with Crippen LogP contribution in [0.25, 0.3) is 0 Å². The van der Waals surface area contributed by atoms with Crippen LogP contribution in [-0.2, 0) is 16.1 Å².